The Morgan fingerprint density at radius 3 is 2.73 bits per heavy atom. The number of hydrogen-bond donors (Lipinski definition) is 1. The van der Waals surface area contributed by atoms with Crippen molar-refractivity contribution in [1.82, 2.24) is 10.2 Å². The molecule has 2 N–H and O–H groups in total. The third-order valence-electron chi connectivity index (χ3n) is 2.18. The first-order chi connectivity index (χ1) is 7.13. The highest BCUT2D eigenvalue weighted by Gasteiger charge is 2.10. The fraction of sp³-hybridized carbons (Fsp3) is 0.800. The predicted octanol–water partition coefficient (Wildman–Crippen LogP) is 1.05. The van der Waals surface area contributed by atoms with Crippen molar-refractivity contribution in [3.05, 3.63) is 5.89 Å². The summed E-state index contributed by atoms with van der Waals surface area (Å²) in [5.41, 5.74) is 5.40. The lowest BCUT2D eigenvalue weighted by atomic mass is 10.1. The van der Waals surface area contributed by atoms with Crippen LogP contribution in [0.3, 0.4) is 0 Å². The molecule has 0 aliphatic carbocycles. The molecule has 0 saturated heterocycles. The summed E-state index contributed by atoms with van der Waals surface area (Å²) in [5.74, 6) is 1.29. The molecule has 1 heterocycles. The molecule has 5 nitrogen and oxygen atoms in total. The summed E-state index contributed by atoms with van der Waals surface area (Å²) in [7, 11) is 1.96. The Hall–Kier alpha value is -1.10. The molecule has 0 aliphatic heterocycles. The SMILES string of the molecule is CC(C)CCN(C)c1nnc(CCN)o1. The summed E-state index contributed by atoms with van der Waals surface area (Å²) in [6.45, 7) is 5.86. The highest BCUT2D eigenvalue weighted by molar-refractivity contribution is 5.21. The van der Waals surface area contributed by atoms with E-state index in [2.05, 4.69) is 24.0 Å². The Morgan fingerprint density at radius 1 is 1.40 bits per heavy atom. The molecule has 0 bridgehead atoms. The van der Waals surface area contributed by atoms with Crippen LogP contribution in [0.1, 0.15) is 26.2 Å². The van der Waals surface area contributed by atoms with Crippen molar-refractivity contribution < 1.29 is 4.42 Å². The molecule has 15 heavy (non-hydrogen) atoms. The van der Waals surface area contributed by atoms with E-state index in [4.69, 9.17) is 10.2 Å². The molecule has 1 aromatic heterocycles. The third-order valence-corrected chi connectivity index (χ3v) is 2.18. The molecule has 0 unspecified atom stereocenters. The van der Waals surface area contributed by atoms with Gasteiger partial charge in [0.15, 0.2) is 0 Å². The average molecular weight is 212 g/mol. The zero-order valence-corrected chi connectivity index (χ0v) is 9.73. The number of anilines is 1. The minimum atomic E-state index is 0.539. The van der Waals surface area contributed by atoms with Gasteiger partial charge in [0, 0.05) is 26.6 Å². The average Bonchev–Trinajstić information content (AvgIpc) is 2.63. The molecule has 0 aromatic carbocycles. The first-order valence-corrected chi connectivity index (χ1v) is 5.37. The van der Waals surface area contributed by atoms with Crippen molar-refractivity contribution in [3.8, 4) is 0 Å². The van der Waals surface area contributed by atoms with Crippen LogP contribution in [-0.4, -0.2) is 30.3 Å². The second-order valence-electron chi connectivity index (χ2n) is 4.12. The van der Waals surface area contributed by atoms with E-state index >= 15 is 0 Å². The molecule has 0 fully saturated rings. The van der Waals surface area contributed by atoms with E-state index in [-0.39, 0.29) is 0 Å². The Kier molecular flexibility index (Phi) is 4.55. The summed E-state index contributed by atoms with van der Waals surface area (Å²) in [6, 6.07) is 0.583. The Bertz CT molecular complexity index is 285. The molecule has 1 aromatic rings. The molecule has 0 spiro atoms. The lowest BCUT2D eigenvalue weighted by Crippen LogP contribution is -2.20. The first-order valence-electron chi connectivity index (χ1n) is 5.37. The predicted molar refractivity (Wildman–Crippen MR) is 59.8 cm³/mol. The summed E-state index contributed by atoms with van der Waals surface area (Å²) in [4.78, 5) is 1.98. The Labute approximate surface area is 90.7 Å². The van der Waals surface area contributed by atoms with Crippen molar-refractivity contribution in [2.75, 3.05) is 25.0 Å². The van der Waals surface area contributed by atoms with E-state index in [1.165, 1.54) is 0 Å². The van der Waals surface area contributed by atoms with Crippen molar-refractivity contribution >= 4 is 6.01 Å². The van der Waals surface area contributed by atoms with Crippen LogP contribution in [0.4, 0.5) is 6.01 Å². The van der Waals surface area contributed by atoms with Gasteiger partial charge in [-0.1, -0.05) is 18.9 Å². The highest BCUT2D eigenvalue weighted by Crippen LogP contribution is 2.12. The summed E-state index contributed by atoms with van der Waals surface area (Å²) >= 11 is 0. The van der Waals surface area contributed by atoms with Crippen LogP contribution in [0.15, 0.2) is 4.42 Å². The lowest BCUT2D eigenvalue weighted by Gasteiger charge is -2.14. The van der Waals surface area contributed by atoms with Gasteiger partial charge in [0.2, 0.25) is 5.89 Å². The molecule has 1 rings (SSSR count). The fourth-order valence-electron chi connectivity index (χ4n) is 1.17. The van der Waals surface area contributed by atoms with E-state index in [9.17, 15) is 0 Å². The lowest BCUT2D eigenvalue weighted by molar-refractivity contribution is 0.481. The normalized spacial score (nSPS) is 11.0. The molecule has 0 atom stereocenters. The van der Waals surface area contributed by atoms with Crippen LogP contribution < -0.4 is 10.6 Å². The minimum absolute atomic E-state index is 0.539. The monoisotopic (exact) mass is 212 g/mol. The van der Waals surface area contributed by atoms with Gasteiger partial charge in [0.1, 0.15) is 0 Å². The zero-order chi connectivity index (χ0) is 11.3. The van der Waals surface area contributed by atoms with E-state index in [1.54, 1.807) is 0 Å². The van der Waals surface area contributed by atoms with Gasteiger partial charge in [-0.3, -0.25) is 0 Å². The fourth-order valence-corrected chi connectivity index (χ4v) is 1.17. The first kappa shape index (κ1) is 12.0. The molecule has 0 radical (unpaired) electrons. The van der Waals surface area contributed by atoms with Crippen molar-refractivity contribution in [1.29, 1.82) is 0 Å². The van der Waals surface area contributed by atoms with Crippen LogP contribution in [0, 0.1) is 5.92 Å². The summed E-state index contributed by atoms with van der Waals surface area (Å²) in [6.07, 6.45) is 1.76. The molecule has 0 saturated carbocycles. The van der Waals surface area contributed by atoms with Gasteiger partial charge in [-0.15, -0.1) is 5.10 Å². The maximum absolute atomic E-state index is 5.44. The van der Waals surface area contributed by atoms with Gasteiger partial charge >= 0.3 is 6.01 Å². The van der Waals surface area contributed by atoms with Gasteiger partial charge < -0.3 is 15.1 Å². The van der Waals surface area contributed by atoms with Crippen molar-refractivity contribution in [3.63, 3.8) is 0 Å². The Balaban J connectivity index is 2.46. The maximum atomic E-state index is 5.44. The van der Waals surface area contributed by atoms with Gasteiger partial charge in [-0.25, -0.2) is 0 Å². The van der Waals surface area contributed by atoms with Crippen LogP contribution in [0.5, 0.6) is 0 Å². The number of aromatic nitrogens is 2. The number of hydrogen-bond acceptors (Lipinski definition) is 5. The van der Waals surface area contributed by atoms with Crippen LogP contribution >= 0.6 is 0 Å². The van der Waals surface area contributed by atoms with E-state index in [0.717, 1.165) is 13.0 Å². The van der Waals surface area contributed by atoms with Gasteiger partial charge in [0.05, 0.1) is 0 Å². The number of nitrogens with zero attached hydrogens (tertiary/aromatic N) is 3. The smallest absolute Gasteiger partial charge is 0.317 e. The standard InChI is InChI=1S/C10H20N4O/c1-8(2)5-7-14(3)10-13-12-9(15-10)4-6-11/h8H,4-7,11H2,1-3H3. The van der Waals surface area contributed by atoms with Crippen LogP contribution in [0.2, 0.25) is 0 Å². The molecular formula is C10H20N4O. The van der Waals surface area contributed by atoms with E-state index in [1.807, 2.05) is 11.9 Å². The van der Waals surface area contributed by atoms with Crippen molar-refractivity contribution in [2.45, 2.75) is 26.7 Å². The quantitative estimate of drug-likeness (QED) is 0.763. The van der Waals surface area contributed by atoms with Gasteiger partial charge in [0.25, 0.3) is 0 Å². The maximum Gasteiger partial charge on any atom is 0.317 e. The summed E-state index contributed by atoms with van der Waals surface area (Å²) < 4.78 is 5.44. The van der Waals surface area contributed by atoms with E-state index < -0.39 is 0 Å². The van der Waals surface area contributed by atoms with Crippen LogP contribution in [0.25, 0.3) is 0 Å². The van der Waals surface area contributed by atoms with Crippen LogP contribution in [-0.2, 0) is 6.42 Å². The highest BCUT2D eigenvalue weighted by atomic mass is 16.4. The second kappa shape index (κ2) is 5.70. The largest absolute Gasteiger partial charge is 0.408 e. The molecular weight excluding hydrogens is 192 g/mol. The third kappa shape index (κ3) is 3.87. The molecule has 86 valence electrons. The number of rotatable bonds is 6. The summed E-state index contributed by atoms with van der Waals surface area (Å²) in [5, 5.41) is 7.88. The molecule has 0 aliphatic rings. The molecule has 5 heteroatoms. The number of nitrogens with two attached hydrogens (primary N) is 1. The molecule has 0 amide bonds. The Morgan fingerprint density at radius 2 is 2.13 bits per heavy atom. The van der Waals surface area contributed by atoms with Crippen molar-refractivity contribution in [2.24, 2.45) is 11.7 Å². The van der Waals surface area contributed by atoms with Gasteiger partial charge in [-0.2, -0.15) is 0 Å². The topological polar surface area (TPSA) is 68.2 Å². The van der Waals surface area contributed by atoms with E-state index in [0.29, 0.717) is 30.8 Å². The zero-order valence-electron chi connectivity index (χ0n) is 9.73. The second-order valence-corrected chi connectivity index (χ2v) is 4.12. The van der Waals surface area contributed by atoms with Gasteiger partial charge in [-0.05, 0) is 12.3 Å². The minimum Gasteiger partial charge on any atom is -0.408 e.